The molecule has 0 N–H and O–H groups in total. The molecule has 0 aliphatic rings. The third-order valence-corrected chi connectivity index (χ3v) is 12.7. The Kier molecular flexibility index (Phi) is 8.57. The molecule has 0 saturated heterocycles. The Hall–Kier alpha value is -6.38. The third-order valence-electron chi connectivity index (χ3n) is 12.7. The summed E-state index contributed by atoms with van der Waals surface area (Å²) in [4.78, 5) is 2.50. The summed E-state index contributed by atoms with van der Waals surface area (Å²) >= 11 is 0. The molecule has 1 heterocycles. The number of nitrogens with zero attached hydrogens (tertiary/aromatic N) is 2. The second-order valence-electron chi connectivity index (χ2n) is 20.0. The van der Waals surface area contributed by atoms with E-state index in [0.29, 0.717) is 0 Å². The summed E-state index contributed by atoms with van der Waals surface area (Å²) in [6.07, 6.45) is 0. The van der Waals surface area contributed by atoms with Crippen molar-refractivity contribution in [1.29, 1.82) is 0 Å². The molecule has 10 aromatic rings. The fourth-order valence-corrected chi connectivity index (χ4v) is 9.35. The fourth-order valence-electron chi connectivity index (χ4n) is 9.35. The van der Waals surface area contributed by atoms with Gasteiger partial charge in [0.05, 0.1) is 22.4 Å². The second-order valence-corrected chi connectivity index (χ2v) is 20.0. The summed E-state index contributed by atoms with van der Waals surface area (Å²) in [5.74, 6) is 0. The van der Waals surface area contributed by atoms with Gasteiger partial charge >= 0.3 is 0 Å². The summed E-state index contributed by atoms with van der Waals surface area (Å²) in [7, 11) is 0. The molecular weight excluding hydrogens is 725 g/mol. The minimum absolute atomic E-state index is 0.0136. The minimum atomic E-state index is -0.0759. The maximum Gasteiger partial charge on any atom is 0.0541 e. The average molecular weight is 779 g/mol. The van der Waals surface area contributed by atoms with E-state index in [-0.39, 0.29) is 16.2 Å². The van der Waals surface area contributed by atoms with Gasteiger partial charge in [0.2, 0.25) is 0 Å². The van der Waals surface area contributed by atoms with E-state index in [1.54, 1.807) is 0 Å². The number of hydrogen-bond donors (Lipinski definition) is 0. The van der Waals surface area contributed by atoms with Crippen molar-refractivity contribution < 1.29 is 0 Å². The van der Waals surface area contributed by atoms with Gasteiger partial charge in [0.25, 0.3) is 0 Å². The fraction of sp³-hybridized carbons (Fsp3) is 0.207. The zero-order chi connectivity index (χ0) is 41.7. The van der Waals surface area contributed by atoms with Gasteiger partial charge in [-0.05, 0) is 114 Å². The Morgan fingerprint density at radius 3 is 1.42 bits per heavy atom. The largest absolute Gasteiger partial charge is 0.310 e. The number of rotatable bonds is 5. The number of benzene rings is 9. The van der Waals surface area contributed by atoms with Gasteiger partial charge in [-0.3, -0.25) is 0 Å². The molecule has 0 aliphatic carbocycles. The number of aromatic nitrogens is 1. The van der Waals surface area contributed by atoms with E-state index in [2.05, 4.69) is 236 Å². The normalized spacial score (nSPS) is 12.8. The standard InChI is InChI=1S/C58H54N2/c1-56(2,3)41-31-39(32-42(35-41)57(4,5)6)40-33-43(58(7,8)9)36-45(34-40)59(44-17-11-10-12-18-44)52-29-25-37-24-28-49-53(30-26-38-23-27-48(52)54(37)55(38)49)60-50-21-15-13-19-46(50)47-20-14-16-22-51(47)60/h10-36H,1-9H3. The number of para-hydroxylation sites is 3. The molecule has 0 spiro atoms. The first-order valence-electron chi connectivity index (χ1n) is 21.5. The highest BCUT2D eigenvalue weighted by atomic mass is 15.1. The molecule has 0 fully saturated rings. The van der Waals surface area contributed by atoms with E-state index in [0.717, 1.165) is 11.4 Å². The zero-order valence-electron chi connectivity index (χ0n) is 36.5. The summed E-state index contributed by atoms with van der Waals surface area (Å²) < 4.78 is 2.47. The average Bonchev–Trinajstić information content (AvgIpc) is 3.56. The molecule has 0 unspecified atom stereocenters. The van der Waals surface area contributed by atoms with Crippen LogP contribution < -0.4 is 4.90 Å². The molecule has 10 rings (SSSR count). The minimum Gasteiger partial charge on any atom is -0.310 e. The second kappa shape index (κ2) is 13.6. The van der Waals surface area contributed by atoms with Crippen molar-refractivity contribution in [2.75, 3.05) is 4.90 Å². The maximum atomic E-state index is 2.50. The van der Waals surface area contributed by atoms with Gasteiger partial charge in [-0.25, -0.2) is 0 Å². The van der Waals surface area contributed by atoms with Gasteiger partial charge in [-0.1, -0.05) is 178 Å². The number of anilines is 3. The highest BCUT2D eigenvalue weighted by Crippen LogP contribution is 2.47. The number of hydrogen-bond acceptors (Lipinski definition) is 1. The lowest BCUT2D eigenvalue weighted by Gasteiger charge is -2.31. The predicted molar refractivity (Wildman–Crippen MR) is 261 cm³/mol. The zero-order valence-corrected chi connectivity index (χ0v) is 36.5. The molecular formula is C58H54N2. The van der Waals surface area contributed by atoms with Gasteiger partial charge in [-0.15, -0.1) is 0 Å². The molecule has 2 heteroatoms. The van der Waals surface area contributed by atoms with Gasteiger partial charge in [-0.2, -0.15) is 0 Å². The Bertz CT molecular complexity index is 3160. The molecule has 0 amide bonds. The Morgan fingerprint density at radius 2 is 0.833 bits per heavy atom. The van der Waals surface area contributed by atoms with Crippen molar-refractivity contribution in [2.45, 2.75) is 78.6 Å². The van der Waals surface area contributed by atoms with Crippen LogP contribution >= 0.6 is 0 Å². The molecule has 1 aromatic heterocycles. The van der Waals surface area contributed by atoms with Crippen LogP contribution in [0.3, 0.4) is 0 Å². The summed E-state index contributed by atoms with van der Waals surface area (Å²) in [6.45, 7) is 21.0. The van der Waals surface area contributed by atoms with E-state index in [9.17, 15) is 0 Å². The lowest BCUT2D eigenvalue weighted by atomic mass is 9.78. The van der Waals surface area contributed by atoms with Gasteiger partial charge in [0.15, 0.2) is 0 Å². The highest BCUT2D eigenvalue weighted by molar-refractivity contribution is 6.27. The van der Waals surface area contributed by atoms with E-state index >= 15 is 0 Å². The van der Waals surface area contributed by atoms with Crippen LogP contribution in [0.15, 0.2) is 164 Å². The monoisotopic (exact) mass is 778 g/mol. The topological polar surface area (TPSA) is 8.17 Å². The summed E-state index contributed by atoms with van der Waals surface area (Å²) in [5.41, 5.74) is 13.6. The number of fused-ring (bicyclic) bond motifs is 3. The van der Waals surface area contributed by atoms with Crippen LogP contribution in [0.1, 0.15) is 79.0 Å². The Morgan fingerprint density at radius 1 is 0.367 bits per heavy atom. The van der Waals surface area contributed by atoms with Crippen LogP contribution in [0.4, 0.5) is 17.1 Å². The molecule has 0 radical (unpaired) electrons. The predicted octanol–water partition coefficient (Wildman–Crippen LogP) is 16.7. The van der Waals surface area contributed by atoms with Crippen LogP contribution in [-0.2, 0) is 16.2 Å². The molecule has 9 aromatic carbocycles. The van der Waals surface area contributed by atoms with Crippen LogP contribution in [0.25, 0.3) is 70.9 Å². The quantitative estimate of drug-likeness (QED) is 0.158. The van der Waals surface area contributed by atoms with E-state index in [1.165, 1.54) is 93.3 Å². The van der Waals surface area contributed by atoms with Crippen molar-refractivity contribution in [1.82, 2.24) is 4.57 Å². The van der Waals surface area contributed by atoms with Crippen LogP contribution in [0.5, 0.6) is 0 Å². The molecule has 0 saturated carbocycles. The maximum absolute atomic E-state index is 2.50. The molecule has 0 aliphatic heterocycles. The first kappa shape index (κ1) is 37.9. The Labute approximate surface area is 355 Å². The van der Waals surface area contributed by atoms with Crippen molar-refractivity contribution >= 4 is 71.2 Å². The smallest absolute Gasteiger partial charge is 0.0541 e. The molecule has 0 atom stereocenters. The van der Waals surface area contributed by atoms with Crippen molar-refractivity contribution in [3.8, 4) is 16.8 Å². The van der Waals surface area contributed by atoms with Crippen molar-refractivity contribution in [2.24, 2.45) is 0 Å². The molecule has 296 valence electrons. The Balaban J connectivity index is 1.24. The van der Waals surface area contributed by atoms with Gasteiger partial charge in [0.1, 0.15) is 0 Å². The first-order chi connectivity index (χ1) is 28.6. The van der Waals surface area contributed by atoms with E-state index < -0.39 is 0 Å². The molecule has 60 heavy (non-hydrogen) atoms. The third kappa shape index (κ3) is 6.24. The van der Waals surface area contributed by atoms with Gasteiger partial charge < -0.3 is 9.47 Å². The lowest BCUT2D eigenvalue weighted by molar-refractivity contribution is 0.569. The summed E-state index contributed by atoms with van der Waals surface area (Å²) in [5, 5.41) is 10.1. The first-order valence-corrected chi connectivity index (χ1v) is 21.5. The van der Waals surface area contributed by atoms with Crippen LogP contribution in [-0.4, -0.2) is 4.57 Å². The van der Waals surface area contributed by atoms with E-state index in [1.807, 2.05) is 0 Å². The summed E-state index contributed by atoms with van der Waals surface area (Å²) in [6, 6.07) is 61.8. The highest BCUT2D eigenvalue weighted by Gasteiger charge is 2.26. The van der Waals surface area contributed by atoms with Gasteiger partial charge in [0, 0.05) is 32.9 Å². The van der Waals surface area contributed by atoms with Crippen molar-refractivity contribution in [3.05, 3.63) is 180 Å². The van der Waals surface area contributed by atoms with Crippen LogP contribution in [0, 0.1) is 0 Å². The van der Waals surface area contributed by atoms with Crippen molar-refractivity contribution in [3.63, 3.8) is 0 Å². The molecule has 0 bridgehead atoms. The van der Waals surface area contributed by atoms with Crippen LogP contribution in [0.2, 0.25) is 0 Å². The van der Waals surface area contributed by atoms with E-state index in [4.69, 9.17) is 0 Å². The lowest BCUT2D eigenvalue weighted by Crippen LogP contribution is -2.17. The SMILES string of the molecule is CC(C)(C)c1cc(-c2cc(C(C)(C)C)cc(C(C)(C)C)c2)cc(N(c2ccccc2)c2ccc3ccc4c(-n5c6ccccc6c6ccccc65)ccc5ccc2c3c54)c1. The molecule has 2 nitrogen and oxygen atoms in total.